The van der Waals surface area contributed by atoms with Gasteiger partial charge in [-0.05, 0) is 12.1 Å². The summed E-state index contributed by atoms with van der Waals surface area (Å²) in [6.45, 7) is 0.776. The number of benzene rings is 1. The second-order valence-corrected chi connectivity index (χ2v) is 3.97. The Morgan fingerprint density at radius 1 is 1.20 bits per heavy atom. The van der Waals surface area contributed by atoms with Gasteiger partial charge in [-0.2, -0.15) is 0 Å². The Morgan fingerprint density at radius 2 is 1.90 bits per heavy atom. The summed E-state index contributed by atoms with van der Waals surface area (Å²) in [7, 11) is 1.54. The van der Waals surface area contributed by atoms with E-state index in [1.54, 1.807) is 6.07 Å². The number of methoxy groups -OCH3 is 1. The number of anilines is 1. The first-order valence-corrected chi connectivity index (χ1v) is 6.14. The van der Waals surface area contributed by atoms with Crippen molar-refractivity contribution in [3.8, 4) is 0 Å². The molecule has 1 aromatic carbocycles. The van der Waals surface area contributed by atoms with Crippen LogP contribution in [0, 0.1) is 5.82 Å². The predicted octanol–water partition coefficient (Wildman–Crippen LogP) is 0.116. The Bertz CT molecular complexity index is 454. The van der Waals surface area contributed by atoms with Gasteiger partial charge in [0.05, 0.1) is 25.4 Å². The lowest BCUT2D eigenvalue weighted by molar-refractivity contribution is -0.120. The van der Waals surface area contributed by atoms with E-state index in [2.05, 4.69) is 16.0 Å². The predicted molar refractivity (Wildman–Crippen MR) is 72.8 cm³/mol. The summed E-state index contributed by atoms with van der Waals surface area (Å²) in [5.41, 5.74) is 0.115. The zero-order valence-electron chi connectivity index (χ0n) is 11.2. The molecule has 0 unspecified atom stereocenters. The third kappa shape index (κ3) is 6.26. The fraction of sp³-hybridized carbons (Fsp3) is 0.385. The molecule has 1 rings (SSSR count). The van der Waals surface area contributed by atoms with Gasteiger partial charge in [0.15, 0.2) is 0 Å². The maximum absolute atomic E-state index is 13.3. The van der Waals surface area contributed by atoms with Crippen molar-refractivity contribution in [2.75, 3.05) is 38.7 Å². The van der Waals surface area contributed by atoms with Gasteiger partial charge in [-0.1, -0.05) is 12.1 Å². The largest absolute Gasteiger partial charge is 0.383 e. The molecule has 0 aromatic heterocycles. The van der Waals surface area contributed by atoms with Crippen molar-refractivity contribution in [1.82, 2.24) is 10.6 Å². The fourth-order valence-electron chi connectivity index (χ4n) is 1.40. The van der Waals surface area contributed by atoms with Crippen LogP contribution in [0.4, 0.5) is 10.1 Å². The zero-order chi connectivity index (χ0) is 14.8. The highest BCUT2D eigenvalue weighted by Gasteiger charge is 2.06. The molecule has 0 bridgehead atoms. The smallest absolute Gasteiger partial charge is 0.238 e. The van der Waals surface area contributed by atoms with Gasteiger partial charge in [0.2, 0.25) is 11.8 Å². The topological polar surface area (TPSA) is 79.5 Å². The van der Waals surface area contributed by atoms with Crippen LogP contribution in [0.3, 0.4) is 0 Å². The van der Waals surface area contributed by atoms with Gasteiger partial charge < -0.3 is 15.4 Å². The maximum atomic E-state index is 13.3. The highest BCUT2D eigenvalue weighted by Crippen LogP contribution is 2.11. The maximum Gasteiger partial charge on any atom is 0.238 e. The number of para-hydroxylation sites is 1. The Labute approximate surface area is 116 Å². The van der Waals surface area contributed by atoms with Gasteiger partial charge in [0, 0.05) is 13.7 Å². The Balaban J connectivity index is 2.20. The Morgan fingerprint density at radius 3 is 2.60 bits per heavy atom. The normalized spacial score (nSPS) is 10.1. The van der Waals surface area contributed by atoms with Gasteiger partial charge in [-0.3, -0.25) is 14.9 Å². The number of rotatable bonds is 8. The van der Waals surface area contributed by atoms with E-state index in [0.717, 1.165) is 0 Å². The van der Waals surface area contributed by atoms with Crippen molar-refractivity contribution < 1.29 is 18.7 Å². The second kappa shape index (κ2) is 9.00. The summed E-state index contributed by atoms with van der Waals surface area (Å²) in [5, 5.41) is 7.67. The molecule has 0 heterocycles. The zero-order valence-corrected chi connectivity index (χ0v) is 11.2. The van der Waals surface area contributed by atoms with Gasteiger partial charge >= 0.3 is 0 Å². The quantitative estimate of drug-likeness (QED) is 0.592. The van der Waals surface area contributed by atoms with E-state index in [4.69, 9.17) is 4.74 Å². The van der Waals surface area contributed by atoms with Crippen LogP contribution >= 0.6 is 0 Å². The van der Waals surface area contributed by atoms with Crippen molar-refractivity contribution in [3.63, 3.8) is 0 Å². The fourth-order valence-corrected chi connectivity index (χ4v) is 1.40. The molecular formula is C13H18FN3O3. The minimum absolute atomic E-state index is 0.00834. The highest BCUT2D eigenvalue weighted by atomic mass is 19.1. The average molecular weight is 283 g/mol. The first kappa shape index (κ1) is 16.1. The third-order valence-corrected chi connectivity index (χ3v) is 2.35. The minimum Gasteiger partial charge on any atom is -0.383 e. The van der Waals surface area contributed by atoms with Crippen molar-refractivity contribution >= 4 is 17.5 Å². The second-order valence-electron chi connectivity index (χ2n) is 3.97. The summed E-state index contributed by atoms with van der Waals surface area (Å²) >= 11 is 0. The van der Waals surface area contributed by atoms with E-state index in [9.17, 15) is 14.0 Å². The molecule has 0 radical (unpaired) electrons. The van der Waals surface area contributed by atoms with E-state index >= 15 is 0 Å². The molecule has 0 aliphatic rings. The third-order valence-electron chi connectivity index (χ3n) is 2.35. The van der Waals surface area contributed by atoms with E-state index in [0.29, 0.717) is 13.2 Å². The monoisotopic (exact) mass is 283 g/mol. The molecule has 110 valence electrons. The molecule has 0 fully saturated rings. The molecule has 0 saturated heterocycles. The van der Waals surface area contributed by atoms with Crippen LogP contribution in [-0.4, -0.2) is 45.2 Å². The number of carbonyl (C=O) groups is 2. The summed E-state index contributed by atoms with van der Waals surface area (Å²) in [6.07, 6.45) is 0. The van der Waals surface area contributed by atoms with Crippen molar-refractivity contribution in [2.24, 2.45) is 0 Å². The van der Waals surface area contributed by atoms with E-state index in [-0.39, 0.29) is 24.7 Å². The molecule has 0 aliphatic carbocycles. The Kier molecular flexibility index (Phi) is 7.23. The van der Waals surface area contributed by atoms with E-state index < -0.39 is 11.7 Å². The molecule has 0 aliphatic heterocycles. The Hall–Kier alpha value is -1.99. The molecule has 2 amide bonds. The van der Waals surface area contributed by atoms with Crippen LogP contribution in [0.1, 0.15) is 0 Å². The first-order valence-electron chi connectivity index (χ1n) is 6.14. The lowest BCUT2D eigenvalue weighted by Crippen LogP contribution is -2.38. The van der Waals surface area contributed by atoms with Crippen LogP contribution in [-0.2, 0) is 14.3 Å². The standard InChI is InChI=1S/C13H18FN3O3/c1-20-7-6-16-12(18)8-15-9-13(19)17-11-5-3-2-4-10(11)14/h2-5,15H,6-9H2,1H3,(H,16,18)(H,17,19). The number of halogens is 1. The number of hydrogen-bond donors (Lipinski definition) is 3. The number of hydrogen-bond acceptors (Lipinski definition) is 4. The summed E-state index contributed by atoms with van der Waals surface area (Å²) < 4.78 is 18.0. The van der Waals surface area contributed by atoms with Crippen molar-refractivity contribution in [2.45, 2.75) is 0 Å². The molecular weight excluding hydrogens is 265 g/mol. The van der Waals surface area contributed by atoms with Crippen molar-refractivity contribution in [1.29, 1.82) is 0 Å². The summed E-state index contributed by atoms with van der Waals surface area (Å²) in [5.74, 6) is -1.15. The number of carbonyl (C=O) groups excluding carboxylic acids is 2. The number of nitrogens with one attached hydrogen (secondary N) is 3. The summed E-state index contributed by atoms with van der Waals surface area (Å²) in [4.78, 5) is 22.8. The van der Waals surface area contributed by atoms with Crippen LogP contribution in [0.5, 0.6) is 0 Å². The van der Waals surface area contributed by atoms with Gasteiger partial charge in [0.1, 0.15) is 5.82 Å². The SMILES string of the molecule is COCCNC(=O)CNCC(=O)Nc1ccccc1F. The molecule has 0 atom stereocenters. The minimum atomic E-state index is -0.502. The van der Waals surface area contributed by atoms with Crippen LogP contribution in [0.15, 0.2) is 24.3 Å². The van der Waals surface area contributed by atoms with Crippen LogP contribution in [0.2, 0.25) is 0 Å². The lowest BCUT2D eigenvalue weighted by Gasteiger charge is -2.08. The van der Waals surface area contributed by atoms with Crippen LogP contribution < -0.4 is 16.0 Å². The van der Waals surface area contributed by atoms with Crippen molar-refractivity contribution in [3.05, 3.63) is 30.1 Å². The molecule has 1 aromatic rings. The first-order chi connectivity index (χ1) is 9.63. The van der Waals surface area contributed by atoms with E-state index in [1.165, 1.54) is 25.3 Å². The van der Waals surface area contributed by atoms with Gasteiger partial charge in [0.25, 0.3) is 0 Å². The molecule has 0 saturated carbocycles. The average Bonchev–Trinajstić information content (AvgIpc) is 2.42. The molecule has 3 N–H and O–H groups in total. The number of amides is 2. The molecule has 0 spiro atoms. The van der Waals surface area contributed by atoms with Gasteiger partial charge in [-0.15, -0.1) is 0 Å². The highest BCUT2D eigenvalue weighted by molar-refractivity contribution is 5.92. The number of ether oxygens (including phenoxy) is 1. The van der Waals surface area contributed by atoms with E-state index in [1.807, 2.05) is 0 Å². The molecule has 6 nitrogen and oxygen atoms in total. The van der Waals surface area contributed by atoms with Crippen LogP contribution in [0.25, 0.3) is 0 Å². The summed E-state index contributed by atoms with van der Waals surface area (Å²) in [6, 6.07) is 5.87. The van der Waals surface area contributed by atoms with Gasteiger partial charge in [-0.25, -0.2) is 4.39 Å². The molecule has 7 heteroatoms. The molecule has 20 heavy (non-hydrogen) atoms. The lowest BCUT2D eigenvalue weighted by atomic mass is 10.3.